The lowest BCUT2D eigenvalue weighted by atomic mass is 10.1. The van der Waals surface area contributed by atoms with Gasteiger partial charge in [0.25, 0.3) is 5.91 Å². The van der Waals surface area contributed by atoms with Gasteiger partial charge in [0.05, 0.1) is 24.7 Å². The molecule has 166 valence electrons. The summed E-state index contributed by atoms with van der Waals surface area (Å²) in [6, 6.07) is 24.0. The number of carbonyl (C=O) groups excluding carboxylic acids is 1. The fourth-order valence-electron chi connectivity index (χ4n) is 3.75. The molecule has 0 radical (unpaired) electrons. The smallest absolute Gasteiger partial charge is 0.258 e. The van der Waals surface area contributed by atoms with Gasteiger partial charge in [0.1, 0.15) is 0 Å². The summed E-state index contributed by atoms with van der Waals surface area (Å²) in [5, 5.41) is 0. The number of morpholine rings is 1. The molecule has 0 atom stereocenters. The van der Waals surface area contributed by atoms with Gasteiger partial charge in [-0.05, 0) is 42.3 Å². The Morgan fingerprint density at radius 1 is 0.938 bits per heavy atom. The Morgan fingerprint density at radius 3 is 2.22 bits per heavy atom. The zero-order valence-corrected chi connectivity index (χ0v) is 18.8. The van der Waals surface area contributed by atoms with Crippen molar-refractivity contribution in [3.63, 3.8) is 0 Å². The standard InChI is InChI=1S/C25H26N2O4S/c1-20-12-13-22(18-24(20)32(29,30)26-14-16-31-17-15-26)25(28)27(23-10-6-3-7-11-23)19-21-8-4-2-5-9-21/h2-13,18H,14-17,19H2,1H3. The number of rotatable bonds is 6. The Morgan fingerprint density at radius 2 is 1.56 bits per heavy atom. The summed E-state index contributed by atoms with van der Waals surface area (Å²) in [5.41, 5.74) is 2.68. The first kappa shape index (κ1) is 22.2. The molecule has 0 N–H and O–H groups in total. The minimum absolute atomic E-state index is 0.165. The van der Waals surface area contributed by atoms with Crippen molar-refractivity contribution in [3.8, 4) is 0 Å². The molecule has 0 spiro atoms. The van der Waals surface area contributed by atoms with E-state index in [4.69, 9.17) is 4.74 Å². The van der Waals surface area contributed by atoms with E-state index in [0.29, 0.717) is 44.0 Å². The summed E-state index contributed by atoms with van der Waals surface area (Å²) in [6.45, 7) is 3.49. The number of hydrogen-bond acceptors (Lipinski definition) is 4. The summed E-state index contributed by atoms with van der Waals surface area (Å²) in [5.74, 6) is -0.251. The van der Waals surface area contributed by atoms with Crippen LogP contribution in [-0.4, -0.2) is 44.9 Å². The number of amides is 1. The maximum Gasteiger partial charge on any atom is 0.258 e. The van der Waals surface area contributed by atoms with Crippen molar-refractivity contribution in [2.45, 2.75) is 18.4 Å². The fraction of sp³-hybridized carbons (Fsp3) is 0.240. The minimum Gasteiger partial charge on any atom is -0.379 e. The second kappa shape index (κ2) is 9.65. The lowest BCUT2D eigenvalue weighted by Gasteiger charge is -2.27. The van der Waals surface area contributed by atoms with E-state index in [1.54, 1.807) is 24.0 Å². The maximum atomic E-state index is 13.6. The topological polar surface area (TPSA) is 66.9 Å². The average molecular weight is 451 g/mol. The summed E-state index contributed by atoms with van der Waals surface area (Å²) < 4.78 is 33.2. The van der Waals surface area contributed by atoms with Crippen LogP contribution in [0.5, 0.6) is 0 Å². The van der Waals surface area contributed by atoms with Gasteiger partial charge in [0.15, 0.2) is 0 Å². The molecule has 0 bridgehead atoms. The number of carbonyl (C=O) groups is 1. The predicted octanol–water partition coefficient (Wildman–Crippen LogP) is 3.86. The highest BCUT2D eigenvalue weighted by atomic mass is 32.2. The van der Waals surface area contributed by atoms with Crippen molar-refractivity contribution in [2.24, 2.45) is 0 Å². The van der Waals surface area contributed by atoms with Gasteiger partial charge in [-0.15, -0.1) is 0 Å². The Hall–Kier alpha value is -3.00. The molecule has 4 rings (SSSR count). The second-order valence-electron chi connectivity index (χ2n) is 7.71. The van der Waals surface area contributed by atoms with E-state index < -0.39 is 10.0 Å². The first-order valence-corrected chi connectivity index (χ1v) is 12.0. The van der Waals surface area contributed by atoms with Gasteiger partial charge in [-0.1, -0.05) is 54.6 Å². The van der Waals surface area contributed by atoms with Crippen molar-refractivity contribution in [1.82, 2.24) is 4.31 Å². The van der Waals surface area contributed by atoms with Crippen molar-refractivity contribution >= 4 is 21.6 Å². The molecule has 0 aromatic heterocycles. The summed E-state index contributed by atoms with van der Waals surface area (Å²) in [7, 11) is -3.72. The molecule has 1 amide bonds. The number of nitrogens with zero attached hydrogens (tertiary/aromatic N) is 2. The van der Waals surface area contributed by atoms with E-state index in [1.807, 2.05) is 60.7 Å². The quantitative estimate of drug-likeness (QED) is 0.572. The van der Waals surface area contributed by atoms with Crippen LogP contribution in [0.15, 0.2) is 83.8 Å². The molecule has 1 aliphatic rings. The van der Waals surface area contributed by atoms with Crippen molar-refractivity contribution in [3.05, 3.63) is 95.6 Å². The van der Waals surface area contributed by atoms with E-state index >= 15 is 0 Å². The van der Waals surface area contributed by atoms with Crippen LogP contribution in [0.25, 0.3) is 0 Å². The molecule has 1 fully saturated rings. The van der Waals surface area contributed by atoms with Gasteiger partial charge in [0, 0.05) is 24.3 Å². The van der Waals surface area contributed by atoms with Crippen LogP contribution in [-0.2, 0) is 21.3 Å². The third kappa shape index (κ3) is 4.75. The number of hydrogen-bond donors (Lipinski definition) is 0. The van der Waals surface area contributed by atoms with Crippen LogP contribution in [0.3, 0.4) is 0 Å². The lowest BCUT2D eigenvalue weighted by Crippen LogP contribution is -2.41. The highest BCUT2D eigenvalue weighted by molar-refractivity contribution is 7.89. The molecule has 0 unspecified atom stereocenters. The van der Waals surface area contributed by atoms with Crippen molar-refractivity contribution in [1.29, 1.82) is 0 Å². The molecule has 0 aliphatic carbocycles. The number of benzene rings is 3. The average Bonchev–Trinajstić information content (AvgIpc) is 2.84. The third-order valence-electron chi connectivity index (χ3n) is 5.52. The first-order chi connectivity index (χ1) is 15.5. The largest absolute Gasteiger partial charge is 0.379 e. The molecule has 1 saturated heterocycles. The molecular formula is C25H26N2O4S. The SMILES string of the molecule is Cc1ccc(C(=O)N(Cc2ccccc2)c2ccccc2)cc1S(=O)(=O)N1CCOCC1. The molecule has 7 heteroatoms. The molecule has 0 saturated carbocycles. The van der Waals surface area contributed by atoms with Gasteiger partial charge in [-0.3, -0.25) is 4.79 Å². The lowest BCUT2D eigenvalue weighted by molar-refractivity contribution is 0.0730. The van der Waals surface area contributed by atoms with Crippen LogP contribution in [0, 0.1) is 6.92 Å². The number of sulfonamides is 1. The first-order valence-electron chi connectivity index (χ1n) is 10.6. The predicted molar refractivity (Wildman–Crippen MR) is 124 cm³/mol. The van der Waals surface area contributed by atoms with Crippen molar-refractivity contribution < 1.29 is 17.9 Å². The zero-order valence-electron chi connectivity index (χ0n) is 18.0. The van der Waals surface area contributed by atoms with Gasteiger partial charge in [0.2, 0.25) is 10.0 Å². The highest BCUT2D eigenvalue weighted by Crippen LogP contribution is 2.25. The number of para-hydroxylation sites is 1. The number of anilines is 1. The van der Waals surface area contributed by atoms with E-state index in [0.717, 1.165) is 11.3 Å². The van der Waals surface area contributed by atoms with E-state index in [9.17, 15) is 13.2 Å². The molecular weight excluding hydrogens is 424 g/mol. The van der Waals surface area contributed by atoms with Gasteiger partial charge in [-0.25, -0.2) is 8.42 Å². The highest BCUT2D eigenvalue weighted by Gasteiger charge is 2.29. The van der Waals surface area contributed by atoms with Crippen LogP contribution in [0.4, 0.5) is 5.69 Å². The number of ether oxygens (including phenoxy) is 1. The molecule has 3 aromatic carbocycles. The van der Waals surface area contributed by atoms with E-state index in [2.05, 4.69) is 0 Å². The monoisotopic (exact) mass is 450 g/mol. The third-order valence-corrected chi connectivity index (χ3v) is 7.56. The fourth-order valence-corrected chi connectivity index (χ4v) is 5.41. The molecule has 3 aromatic rings. The Kier molecular flexibility index (Phi) is 6.69. The second-order valence-corrected chi connectivity index (χ2v) is 9.62. The van der Waals surface area contributed by atoms with Gasteiger partial charge in [-0.2, -0.15) is 4.31 Å². The van der Waals surface area contributed by atoms with Gasteiger partial charge >= 0.3 is 0 Å². The van der Waals surface area contributed by atoms with E-state index in [1.165, 1.54) is 10.4 Å². The summed E-state index contributed by atoms with van der Waals surface area (Å²) in [6.07, 6.45) is 0. The van der Waals surface area contributed by atoms with Crippen molar-refractivity contribution in [2.75, 3.05) is 31.2 Å². The molecule has 6 nitrogen and oxygen atoms in total. The Bertz CT molecular complexity index is 1180. The van der Waals surface area contributed by atoms with Crippen LogP contribution >= 0.6 is 0 Å². The number of aryl methyl sites for hydroxylation is 1. The summed E-state index contributed by atoms with van der Waals surface area (Å²) in [4.78, 5) is 15.5. The normalized spacial score (nSPS) is 14.8. The zero-order chi connectivity index (χ0) is 22.6. The van der Waals surface area contributed by atoms with Crippen LogP contribution in [0.2, 0.25) is 0 Å². The molecule has 1 aliphatic heterocycles. The summed E-state index contributed by atoms with van der Waals surface area (Å²) >= 11 is 0. The van der Waals surface area contributed by atoms with E-state index in [-0.39, 0.29) is 10.8 Å². The maximum absolute atomic E-state index is 13.6. The Labute approximate surface area is 189 Å². The van der Waals surface area contributed by atoms with Crippen LogP contribution < -0.4 is 4.90 Å². The van der Waals surface area contributed by atoms with Gasteiger partial charge < -0.3 is 9.64 Å². The Balaban J connectivity index is 1.70. The minimum atomic E-state index is -3.72. The van der Waals surface area contributed by atoms with Crippen LogP contribution in [0.1, 0.15) is 21.5 Å². The molecule has 1 heterocycles. The molecule has 32 heavy (non-hydrogen) atoms.